The maximum absolute atomic E-state index is 6.17. The molecule has 2 atom stereocenters. The van der Waals surface area contributed by atoms with E-state index in [1.165, 1.54) is 70.1 Å². The third kappa shape index (κ3) is 4.47. The van der Waals surface area contributed by atoms with Gasteiger partial charge in [-0.2, -0.15) is 0 Å². The number of nitrogens with one attached hydrogen (secondary N) is 2. The Morgan fingerprint density at radius 2 is 2.00 bits per heavy atom. The summed E-state index contributed by atoms with van der Waals surface area (Å²) in [6.07, 6.45) is 9.35. The molecule has 0 radical (unpaired) electrons. The van der Waals surface area contributed by atoms with Crippen LogP contribution in [0.4, 0.5) is 0 Å². The first-order valence-electron chi connectivity index (χ1n) is 9.02. The fourth-order valence-corrected chi connectivity index (χ4v) is 4.45. The van der Waals surface area contributed by atoms with Gasteiger partial charge in [-0.25, -0.2) is 0 Å². The maximum Gasteiger partial charge on any atom is 0.0408 e. The minimum atomic E-state index is 0.734. The molecule has 0 amide bonds. The summed E-state index contributed by atoms with van der Waals surface area (Å²) in [5.74, 6) is 1.59. The summed E-state index contributed by atoms with van der Waals surface area (Å²) in [6.45, 7) is 3.54. The summed E-state index contributed by atoms with van der Waals surface area (Å²) in [7, 11) is 0. The van der Waals surface area contributed by atoms with Crippen molar-refractivity contribution in [2.75, 3.05) is 19.6 Å². The highest BCUT2D eigenvalue weighted by molar-refractivity contribution is 6.30. The van der Waals surface area contributed by atoms with Crippen LogP contribution in [0.3, 0.4) is 0 Å². The van der Waals surface area contributed by atoms with Gasteiger partial charge in [0, 0.05) is 11.1 Å². The van der Waals surface area contributed by atoms with Gasteiger partial charge in [0.1, 0.15) is 0 Å². The van der Waals surface area contributed by atoms with Crippen molar-refractivity contribution in [2.24, 2.45) is 5.92 Å². The SMILES string of the molecule is Clc1cccc(C2CCCC2CCCNC2CCNCC2)c1. The lowest BCUT2D eigenvalue weighted by atomic mass is 9.86. The van der Waals surface area contributed by atoms with E-state index in [2.05, 4.69) is 28.8 Å². The van der Waals surface area contributed by atoms with E-state index in [1.807, 2.05) is 6.07 Å². The van der Waals surface area contributed by atoms with Gasteiger partial charge in [-0.15, -0.1) is 0 Å². The number of hydrogen-bond donors (Lipinski definition) is 2. The molecule has 3 rings (SSSR count). The fourth-order valence-electron chi connectivity index (χ4n) is 4.25. The fraction of sp³-hybridized carbons (Fsp3) is 0.684. The smallest absolute Gasteiger partial charge is 0.0408 e. The van der Waals surface area contributed by atoms with Crippen LogP contribution in [0, 0.1) is 5.92 Å². The number of piperidine rings is 1. The van der Waals surface area contributed by atoms with Crippen molar-refractivity contribution in [2.45, 2.75) is 56.9 Å². The molecule has 2 N–H and O–H groups in total. The largest absolute Gasteiger partial charge is 0.317 e. The van der Waals surface area contributed by atoms with E-state index in [0.29, 0.717) is 0 Å². The molecular weight excluding hydrogens is 292 g/mol. The molecule has 2 unspecified atom stereocenters. The molecule has 1 aliphatic heterocycles. The summed E-state index contributed by atoms with van der Waals surface area (Å²) in [5, 5.41) is 8.06. The number of halogens is 1. The van der Waals surface area contributed by atoms with Crippen molar-refractivity contribution in [1.82, 2.24) is 10.6 Å². The molecule has 1 saturated heterocycles. The van der Waals surface area contributed by atoms with E-state index >= 15 is 0 Å². The van der Waals surface area contributed by atoms with Crippen molar-refractivity contribution in [3.8, 4) is 0 Å². The monoisotopic (exact) mass is 320 g/mol. The Bertz CT molecular complexity index is 457. The van der Waals surface area contributed by atoms with Gasteiger partial charge in [-0.05, 0) is 87.7 Å². The van der Waals surface area contributed by atoms with Gasteiger partial charge in [0.2, 0.25) is 0 Å². The van der Waals surface area contributed by atoms with Crippen LogP contribution in [0.1, 0.15) is 56.4 Å². The van der Waals surface area contributed by atoms with E-state index in [0.717, 1.165) is 22.9 Å². The van der Waals surface area contributed by atoms with Crippen molar-refractivity contribution < 1.29 is 0 Å². The van der Waals surface area contributed by atoms with E-state index in [4.69, 9.17) is 11.6 Å². The van der Waals surface area contributed by atoms with Crippen molar-refractivity contribution in [1.29, 1.82) is 0 Å². The average molecular weight is 321 g/mol. The summed E-state index contributed by atoms with van der Waals surface area (Å²) in [6, 6.07) is 9.28. The van der Waals surface area contributed by atoms with E-state index in [1.54, 1.807) is 0 Å². The maximum atomic E-state index is 6.17. The third-order valence-electron chi connectivity index (χ3n) is 5.46. The molecule has 1 saturated carbocycles. The quantitative estimate of drug-likeness (QED) is 0.762. The number of rotatable bonds is 6. The molecular formula is C19H29ClN2. The summed E-state index contributed by atoms with van der Waals surface area (Å²) in [4.78, 5) is 0. The highest BCUT2D eigenvalue weighted by Crippen LogP contribution is 2.42. The van der Waals surface area contributed by atoms with Crippen LogP contribution in [0.2, 0.25) is 5.02 Å². The number of hydrogen-bond acceptors (Lipinski definition) is 2. The van der Waals surface area contributed by atoms with Gasteiger partial charge in [0.05, 0.1) is 0 Å². The van der Waals surface area contributed by atoms with Gasteiger partial charge < -0.3 is 10.6 Å². The van der Waals surface area contributed by atoms with Crippen LogP contribution < -0.4 is 10.6 Å². The van der Waals surface area contributed by atoms with Crippen molar-refractivity contribution in [3.63, 3.8) is 0 Å². The van der Waals surface area contributed by atoms with Crippen LogP contribution in [0.15, 0.2) is 24.3 Å². The molecule has 0 bridgehead atoms. The van der Waals surface area contributed by atoms with Crippen LogP contribution in [-0.2, 0) is 0 Å². The Morgan fingerprint density at radius 1 is 1.14 bits per heavy atom. The van der Waals surface area contributed by atoms with Gasteiger partial charge >= 0.3 is 0 Å². The molecule has 1 aromatic rings. The second-order valence-corrected chi connectivity index (χ2v) is 7.41. The van der Waals surface area contributed by atoms with Crippen molar-refractivity contribution >= 4 is 11.6 Å². The molecule has 0 aromatic heterocycles. The van der Waals surface area contributed by atoms with E-state index < -0.39 is 0 Å². The zero-order valence-electron chi connectivity index (χ0n) is 13.5. The minimum Gasteiger partial charge on any atom is -0.317 e. The lowest BCUT2D eigenvalue weighted by molar-refractivity contribution is 0.368. The molecule has 0 spiro atoms. The predicted molar refractivity (Wildman–Crippen MR) is 94.7 cm³/mol. The minimum absolute atomic E-state index is 0.734. The Labute approximate surface area is 140 Å². The van der Waals surface area contributed by atoms with Gasteiger partial charge in [0.25, 0.3) is 0 Å². The second kappa shape index (κ2) is 8.33. The lowest BCUT2D eigenvalue weighted by Crippen LogP contribution is -2.40. The topological polar surface area (TPSA) is 24.1 Å². The Kier molecular flexibility index (Phi) is 6.17. The highest BCUT2D eigenvalue weighted by Gasteiger charge is 2.28. The molecule has 2 nitrogen and oxygen atoms in total. The zero-order chi connectivity index (χ0) is 15.2. The molecule has 3 heteroatoms. The first kappa shape index (κ1) is 16.3. The summed E-state index contributed by atoms with van der Waals surface area (Å²) in [5.41, 5.74) is 1.46. The second-order valence-electron chi connectivity index (χ2n) is 6.97. The number of benzene rings is 1. The van der Waals surface area contributed by atoms with Gasteiger partial charge in [0.15, 0.2) is 0 Å². The van der Waals surface area contributed by atoms with Crippen LogP contribution >= 0.6 is 11.6 Å². The first-order valence-corrected chi connectivity index (χ1v) is 9.40. The summed E-state index contributed by atoms with van der Waals surface area (Å²) < 4.78 is 0. The lowest BCUT2D eigenvalue weighted by Gasteiger charge is -2.25. The molecule has 2 aliphatic rings. The molecule has 1 heterocycles. The summed E-state index contributed by atoms with van der Waals surface area (Å²) >= 11 is 6.17. The molecule has 2 fully saturated rings. The van der Waals surface area contributed by atoms with Crippen LogP contribution in [0.25, 0.3) is 0 Å². The molecule has 1 aromatic carbocycles. The van der Waals surface area contributed by atoms with E-state index in [9.17, 15) is 0 Å². The van der Waals surface area contributed by atoms with Gasteiger partial charge in [-0.3, -0.25) is 0 Å². The van der Waals surface area contributed by atoms with Crippen LogP contribution in [-0.4, -0.2) is 25.7 Å². The molecule has 22 heavy (non-hydrogen) atoms. The van der Waals surface area contributed by atoms with Gasteiger partial charge in [-0.1, -0.05) is 30.2 Å². The normalized spacial score (nSPS) is 26.4. The van der Waals surface area contributed by atoms with E-state index in [-0.39, 0.29) is 0 Å². The zero-order valence-corrected chi connectivity index (χ0v) is 14.2. The molecule has 122 valence electrons. The first-order chi connectivity index (χ1) is 10.8. The van der Waals surface area contributed by atoms with Crippen LogP contribution in [0.5, 0.6) is 0 Å². The Morgan fingerprint density at radius 3 is 2.82 bits per heavy atom. The Hall–Kier alpha value is -0.570. The average Bonchev–Trinajstić information content (AvgIpc) is 3.01. The third-order valence-corrected chi connectivity index (χ3v) is 5.69. The van der Waals surface area contributed by atoms with Crippen molar-refractivity contribution in [3.05, 3.63) is 34.9 Å². The molecule has 1 aliphatic carbocycles. The predicted octanol–water partition coefficient (Wildman–Crippen LogP) is 4.35. The highest BCUT2D eigenvalue weighted by atomic mass is 35.5. The standard InChI is InChI=1S/C19H29ClN2/c20-17-7-1-5-16(14-17)19-8-2-4-15(19)6-3-11-22-18-9-12-21-13-10-18/h1,5,7,14-15,18-19,21-22H,2-4,6,8-13H2. The Balaban J connectivity index is 1.43.